The van der Waals surface area contributed by atoms with Gasteiger partial charge in [-0.1, -0.05) is 41.9 Å². The van der Waals surface area contributed by atoms with E-state index in [0.717, 1.165) is 5.56 Å². The van der Waals surface area contributed by atoms with Gasteiger partial charge in [-0.25, -0.2) is 0 Å². The zero-order chi connectivity index (χ0) is 16.2. The van der Waals surface area contributed by atoms with Gasteiger partial charge in [-0.2, -0.15) is 4.98 Å². The predicted octanol–water partition coefficient (Wildman–Crippen LogP) is 3.86. The molecular weight excluding hydrogens is 290 g/mol. The van der Waals surface area contributed by atoms with Crippen LogP contribution < -0.4 is 5.32 Å². The van der Waals surface area contributed by atoms with Crippen LogP contribution in [0.25, 0.3) is 11.5 Å². The monoisotopic (exact) mass is 307 g/mol. The first-order valence-electron chi connectivity index (χ1n) is 7.47. The topological polar surface area (TPSA) is 68.0 Å². The fourth-order valence-electron chi connectivity index (χ4n) is 2.27. The number of carbonyl (C=O) groups excluding carboxylic acids is 1. The quantitative estimate of drug-likeness (QED) is 0.794. The van der Waals surface area contributed by atoms with Gasteiger partial charge in [0.2, 0.25) is 0 Å². The maximum Gasteiger partial charge on any atom is 0.260 e. The van der Waals surface area contributed by atoms with Crippen molar-refractivity contribution in [2.75, 3.05) is 5.32 Å². The summed E-state index contributed by atoms with van der Waals surface area (Å²) in [4.78, 5) is 16.8. The van der Waals surface area contributed by atoms with Gasteiger partial charge in [0, 0.05) is 12.0 Å². The molecule has 0 unspecified atom stereocenters. The lowest BCUT2D eigenvalue weighted by atomic mass is 10.1. The molecule has 0 aliphatic heterocycles. The van der Waals surface area contributed by atoms with E-state index in [0.29, 0.717) is 35.0 Å². The summed E-state index contributed by atoms with van der Waals surface area (Å²) in [6.07, 6.45) is 0.696. The van der Waals surface area contributed by atoms with Crippen molar-refractivity contribution in [3.63, 3.8) is 0 Å². The number of carbonyl (C=O) groups is 1. The lowest BCUT2D eigenvalue weighted by Gasteiger charge is -2.09. The lowest BCUT2D eigenvalue weighted by Crippen LogP contribution is -2.12. The summed E-state index contributed by atoms with van der Waals surface area (Å²) in [5, 5.41) is 6.82. The molecular formula is C18H17N3O2. The third kappa shape index (κ3) is 3.29. The van der Waals surface area contributed by atoms with E-state index in [1.54, 1.807) is 6.07 Å². The molecule has 116 valence electrons. The van der Waals surface area contributed by atoms with Crippen molar-refractivity contribution in [3.05, 3.63) is 65.5 Å². The van der Waals surface area contributed by atoms with E-state index in [-0.39, 0.29) is 5.91 Å². The van der Waals surface area contributed by atoms with E-state index >= 15 is 0 Å². The van der Waals surface area contributed by atoms with Gasteiger partial charge in [0.1, 0.15) is 0 Å². The summed E-state index contributed by atoms with van der Waals surface area (Å²) in [7, 11) is 0. The highest BCUT2D eigenvalue weighted by atomic mass is 16.5. The van der Waals surface area contributed by atoms with E-state index < -0.39 is 0 Å². The molecule has 1 aromatic heterocycles. The number of amides is 1. The third-order valence-corrected chi connectivity index (χ3v) is 3.47. The number of hydrogen-bond acceptors (Lipinski definition) is 4. The molecule has 5 nitrogen and oxygen atoms in total. The third-order valence-electron chi connectivity index (χ3n) is 3.47. The first-order valence-corrected chi connectivity index (χ1v) is 7.47. The zero-order valence-corrected chi connectivity index (χ0v) is 13.0. The van der Waals surface area contributed by atoms with Crippen molar-refractivity contribution in [3.8, 4) is 11.5 Å². The molecule has 0 saturated heterocycles. The lowest BCUT2D eigenvalue weighted by molar-refractivity contribution is 0.102. The zero-order valence-electron chi connectivity index (χ0n) is 13.0. The second-order valence-electron chi connectivity index (χ2n) is 5.24. The van der Waals surface area contributed by atoms with Gasteiger partial charge >= 0.3 is 0 Å². The Kier molecular flexibility index (Phi) is 4.19. The van der Waals surface area contributed by atoms with Crippen molar-refractivity contribution in [2.45, 2.75) is 20.3 Å². The van der Waals surface area contributed by atoms with E-state index in [4.69, 9.17) is 4.52 Å². The minimum absolute atomic E-state index is 0.170. The van der Waals surface area contributed by atoms with Crippen molar-refractivity contribution in [1.29, 1.82) is 0 Å². The van der Waals surface area contributed by atoms with Gasteiger partial charge in [0.25, 0.3) is 11.8 Å². The first-order chi connectivity index (χ1) is 11.2. The van der Waals surface area contributed by atoms with E-state index in [2.05, 4.69) is 15.5 Å². The number of benzene rings is 2. The van der Waals surface area contributed by atoms with Gasteiger partial charge in [-0.05, 0) is 31.2 Å². The number of aromatic nitrogens is 2. The maximum absolute atomic E-state index is 12.4. The first kappa shape index (κ1) is 15.0. The Bertz CT molecular complexity index is 840. The number of hydrogen-bond donors (Lipinski definition) is 1. The Hall–Kier alpha value is -2.95. The maximum atomic E-state index is 12.4. The minimum atomic E-state index is -0.170. The molecule has 0 bridgehead atoms. The van der Waals surface area contributed by atoms with Gasteiger partial charge in [0.15, 0.2) is 5.82 Å². The Morgan fingerprint density at radius 3 is 2.74 bits per heavy atom. The average Bonchev–Trinajstić information content (AvgIpc) is 3.04. The summed E-state index contributed by atoms with van der Waals surface area (Å²) in [5.41, 5.74) is 3.00. The number of nitrogens with zero attached hydrogens (tertiary/aromatic N) is 2. The van der Waals surface area contributed by atoms with E-state index in [1.807, 2.05) is 56.3 Å². The molecule has 2 aromatic carbocycles. The number of para-hydroxylation sites is 1. The molecule has 0 radical (unpaired) electrons. The molecule has 0 aliphatic carbocycles. The van der Waals surface area contributed by atoms with Crippen LogP contribution in [-0.4, -0.2) is 16.0 Å². The van der Waals surface area contributed by atoms with Crippen molar-refractivity contribution in [2.24, 2.45) is 0 Å². The number of anilines is 1. The van der Waals surface area contributed by atoms with Gasteiger partial charge in [-0.3, -0.25) is 4.79 Å². The summed E-state index contributed by atoms with van der Waals surface area (Å²) >= 11 is 0. The summed E-state index contributed by atoms with van der Waals surface area (Å²) in [5.74, 6) is 0.873. The predicted molar refractivity (Wildman–Crippen MR) is 88.2 cm³/mol. The molecule has 0 spiro atoms. The van der Waals surface area contributed by atoms with Gasteiger partial charge in [0.05, 0.1) is 11.3 Å². The van der Waals surface area contributed by atoms with Crippen LogP contribution in [0.3, 0.4) is 0 Å². The molecule has 1 N–H and O–H groups in total. The Morgan fingerprint density at radius 2 is 2.00 bits per heavy atom. The molecule has 0 fully saturated rings. The Labute approximate surface area is 134 Å². The van der Waals surface area contributed by atoms with Crippen LogP contribution in [-0.2, 0) is 6.42 Å². The molecule has 5 heteroatoms. The minimum Gasteiger partial charge on any atom is -0.334 e. The van der Waals surface area contributed by atoms with E-state index in [9.17, 15) is 4.79 Å². The fraction of sp³-hybridized carbons (Fsp3) is 0.167. The highest BCUT2D eigenvalue weighted by Gasteiger charge is 2.14. The SMILES string of the molecule is CCc1noc(-c2ccccc2NC(=O)c2cccc(C)c2)n1. The Morgan fingerprint density at radius 1 is 1.17 bits per heavy atom. The molecule has 0 atom stereocenters. The summed E-state index contributed by atoms with van der Waals surface area (Å²) in [6.45, 7) is 3.91. The van der Waals surface area contributed by atoms with Crippen LogP contribution in [0.15, 0.2) is 53.1 Å². The smallest absolute Gasteiger partial charge is 0.260 e. The molecule has 3 aromatic rings. The molecule has 23 heavy (non-hydrogen) atoms. The van der Waals surface area contributed by atoms with E-state index in [1.165, 1.54) is 0 Å². The van der Waals surface area contributed by atoms with Crippen LogP contribution >= 0.6 is 0 Å². The van der Waals surface area contributed by atoms with Crippen LogP contribution in [0, 0.1) is 6.92 Å². The standard InChI is InChI=1S/C18H17N3O2/c1-3-16-20-18(23-21-16)14-9-4-5-10-15(14)19-17(22)13-8-6-7-12(2)11-13/h4-11H,3H2,1-2H3,(H,19,22). The largest absolute Gasteiger partial charge is 0.334 e. The van der Waals surface area contributed by atoms with Crippen LogP contribution in [0.1, 0.15) is 28.7 Å². The van der Waals surface area contributed by atoms with Crippen LogP contribution in [0.4, 0.5) is 5.69 Å². The van der Waals surface area contributed by atoms with Gasteiger partial charge in [-0.15, -0.1) is 0 Å². The average molecular weight is 307 g/mol. The highest BCUT2D eigenvalue weighted by Crippen LogP contribution is 2.27. The van der Waals surface area contributed by atoms with Crippen molar-refractivity contribution < 1.29 is 9.32 Å². The molecule has 0 aliphatic rings. The normalized spacial score (nSPS) is 10.5. The summed E-state index contributed by atoms with van der Waals surface area (Å²) < 4.78 is 5.28. The Balaban J connectivity index is 1.90. The van der Waals surface area contributed by atoms with Crippen LogP contribution in [0.2, 0.25) is 0 Å². The van der Waals surface area contributed by atoms with Crippen molar-refractivity contribution in [1.82, 2.24) is 10.1 Å². The number of nitrogens with one attached hydrogen (secondary N) is 1. The molecule has 1 heterocycles. The molecule has 1 amide bonds. The highest BCUT2D eigenvalue weighted by molar-refractivity contribution is 6.06. The second-order valence-corrected chi connectivity index (χ2v) is 5.24. The number of rotatable bonds is 4. The molecule has 3 rings (SSSR count). The van der Waals surface area contributed by atoms with Gasteiger partial charge < -0.3 is 9.84 Å². The number of aryl methyl sites for hydroxylation is 2. The fourth-order valence-corrected chi connectivity index (χ4v) is 2.27. The second kappa shape index (κ2) is 6.44. The van der Waals surface area contributed by atoms with Crippen molar-refractivity contribution >= 4 is 11.6 Å². The molecule has 0 saturated carbocycles. The summed E-state index contributed by atoms with van der Waals surface area (Å²) in [6, 6.07) is 14.8. The van der Waals surface area contributed by atoms with Crippen LogP contribution in [0.5, 0.6) is 0 Å².